The lowest BCUT2D eigenvalue weighted by Crippen LogP contribution is -2.41. The van der Waals surface area contributed by atoms with Gasteiger partial charge in [-0.3, -0.25) is 11.3 Å². The maximum atomic E-state index is 5.88. The number of benzene rings is 1. The lowest BCUT2D eigenvalue weighted by Gasteiger charge is -2.41. The fourth-order valence-corrected chi connectivity index (χ4v) is 3.46. The molecule has 100 valence electrons. The van der Waals surface area contributed by atoms with Crippen molar-refractivity contribution in [1.29, 1.82) is 0 Å². The van der Waals surface area contributed by atoms with Crippen molar-refractivity contribution >= 4 is 0 Å². The first-order valence-corrected chi connectivity index (χ1v) is 7.10. The van der Waals surface area contributed by atoms with Crippen LogP contribution in [-0.4, -0.2) is 0 Å². The van der Waals surface area contributed by atoms with Crippen molar-refractivity contribution in [2.24, 2.45) is 11.3 Å². The van der Waals surface area contributed by atoms with Gasteiger partial charge < -0.3 is 0 Å². The first-order valence-electron chi connectivity index (χ1n) is 7.10. The van der Waals surface area contributed by atoms with E-state index in [0.717, 1.165) is 0 Å². The van der Waals surface area contributed by atoms with E-state index in [9.17, 15) is 0 Å². The van der Waals surface area contributed by atoms with Gasteiger partial charge in [0.1, 0.15) is 0 Å². The molecule has 2 rings (SSSR count). The van der Waals surface area contributed by atoms with Crippen LogP contribution in [0.25, 0.3) is 0 Å². The van der Waals surface area contributed by atoms with Gasteiger partial charge in [0.25, 0.3) is 0 Å². The van der Waals surface area contributed by atoms with Gasteiger partial charge in [0.15, 0.2) is 0 Å². The Morgan fingerprint density at radius 2 is 1.83 bits per heavy atom. The molecule has 1 aromatic carbocycles. The summed E-state index contributed by atoms with van der Waals surface area (Å²) >= 11 is 0. The summed E-state index contributed by atoms with van der Waals surface area (Å²) in [4.78, 5) is 0. The molecule has 0 radical (unpaired) electrons. The molecule has 1 aromatic rings. The molecule has 1 saturated carbocycles. The summed E-state index contributed by atoms with van der Waals surface area (Å²) in [5.74, 6) is 5.88. The molecule has 0 spiro atoms. The predicted molar refractivity (Wildman–Crippen MR) is 77.2 cm³/mol. The minimum atomic E-state index is 0.276. The van der Waals surface area contributed by atoms with E-state index in [1.807, 2.05) is 0 Å². The van der Waals surface area contributed by atoms with Crippen LogP contribution in [-0.2, 0) is 0 Å². The number of aryl methyl sites for hydroxylation is 2. The molecule has 0 amide bonds. The number of nitrogens with one attached hydrogen (secondary N) is 1. The van der Waals surface area contributed by atoms with Crippen molar-refractivity contribution in [3.8, 4) is 0 Å². The highest BCUT2D eigenvalue weighted by Gasteiger charge is 2.36. The van der Waals surface area contributed by atoms with Crippen LogP contribution in [0.2, 0.25) is 0 Å². The Hall–Kier alpha value is -0.860. The normalized spacial score (nSPS) is 20.7. The zero-order valence-corrected chi connectivity index (χ0v) is 11.9. The van der Waals surface area contributed by atoms with Gasteiger partial charge in [-0.05, 0) is 43.2 Å². The zero-order chi connectivity index (χ0) is 13.2. The van der Waals surface area contributed by atoms with Gasteiger partial charge in [0.2, 0.25) is 0 Å². The average Bonchev–Trinajstić information content (AvgIpc) is 2.33. The average molecular weight is 246 g/mol. The van der Waals surface area contributed by atoms with E-state index >= 15 is 0 Å². The molecule has 0 saturated heterocycles. The maximum Gasteiger partial charge on any atom is 0.0516 e. The largest absolute Gasteiger partial charge is 0.271 e. The molecular formula is C16H26N2. The first kappa shape index (κ1) is 13.6. The topological polar surface area (TPSA) is 38.0 Å². The fourth-order valence-electron chi connectivity index (χ4n) is 3.46. The fraction of sp³-hybridized carbons (Fsp3) is 0.625. The van der Waals surface area contributed by atoms with E-state index in [4.69, 9.17) is 5.84 Å². The number of nitrogens with two attached hydrogens (primary N) is 1. The molecule has 1 atom stereocenters. The van der Waals surface area contributed by atoms with Crippen LogP contribution in [0, 0.1) is 19.3 Å². The summed E-state index contributed by atoms with van der Waals surface area (Å²) < 4.78 is 0. The molecule has 0 aromatic heterocycles. The third kappa shape index (κ3) is 2.60. The van der Waals surface area contributed by atoms with Gasteiger partial charge in [-0.2, -0.15) is 0 Å². The number of rotatable bonds is 3. The van der Waals surface area contributed by atoms with Gasteiger partial charge in [-0.15, -0.1) is 0 Å². The molecule has 1 fully saturated rings. The van der Waals surface area contributed by atoms with Crippen molar-refractivity contribution in [2.45, 2.75) is 58.9 Å². The third-order valence-corrected chi connectivity index (χ3v) is 4.60. The monoisotopic (exact) mass is 246 g/mol. The Balaban J connectivity index is 2.32. The third-order valence-electron chi connectivity index (χ3n) is 4.60. The molecule has 1 aliphatic carbocycles. The molecule has 1 unspecified atom stereocenters. The summed E-state index contributed by atoms with van der Waals surface area (Å²) in [6.07, 6.45) is 6.59. The minimum absolute atomic E-state index is 0.276. The van der Waals surface area contributed by atoms with Crippen molar-refractivity contribution in [3.05, 3.63) is 34.9 Å². The Bertz CT molecular complexity index is 406. The second kappa shape index (κ2) is 5.41. The van der Waals surface area contributed by atoms with Crippen molar-refractivity contribution in [3.63, 3.8) is 0 Å². The van der Waals surface area contributed by atoms with E-state index in [2.05, 4.69) is 44.4 Å². The van der Waals surface area contributed by atoms with Crippen LogP contribution in [0.4, 0.5) is 0 Å². The number of hydrogen-bond acceptors (Lipinski definition) is 2. The van der Waals surface area contributed by atoms with Gasteiger partial charge in [-0.25, -0.2) is 0 Å². The molecule has 18 heavy (non-hydrogen) atoms. The van der Waals surface area contributed by atoms with Crippen LogP contribution in [0.1, 0.15) is 61.8 Å². The van der Waals surface area contributed by atoms with Crippen LogP contribution < -0.4 is 11.3 Å². The lowest BCUT2D eigenvalue weighted by molar-refractivity contribution is 0.144. The Morgan fingerprint density at radius 1 is 1.17 bits per heavy atom. The quantitative estimate of drug-likeness (QED) is 0.629. The van der Waals surface area contributed by atoms with E-state index in [0.29, 0.717) is 5.41 Å². The van der Waals surface area contributed by atoms with E-state index < -0.39 is 0 Å². The molecule has 2 nitrogen and oxygen atoms in total. The van der Waals surface area contributed by atoms with E-state index in [-0.39, 0.29) is 6.04 Å². The van der Waals surface area contributed by atoms with Crippen molar-refractivity contribution < 1.29 is 0 Å². The molecule has 3 N–H and O–H groups in total. The highest BCUT2D eigenvalue weighted by atomic mass is 15.2. The molecule has 0 bridgehead atoms. The summed E-state index contributed by atoms with van der Waals surface area (Å²) in [7, 11) is 0. The minimum Gasteiger partial charge on any atom is -0.271 e. The molecule has 1 aliphatic rings. The van der Waals surface area contributed by atoms with Crippen LogP contribution in [0.3, 0.4) is 0 Å². The summed E-state index contributed by atoms with van der Waals surface area (Å²) in [5.41, 5.74) is 7.43. The van der Waals surface area contributed by atoms with Crippen LogP contribution >= 0.6 is 0 Å². The maximum absolute atomic E-state index is 5.88. The van der Waals surface area contributed by atoms with E-state index in [1.54, 1.807) is 0 Å². The Kier molecular flexibility index (Phi) is 4.08. The highest BCUT2D eigenvalue weighted by Crippen LogP contribution is 2.45. The smallest absolute Gasteiger partial charge is 0.0516 e. The SMILES string of the molecule is Cc1ccc(C(NN)C2(C)CCCCC2)c(C)c1. The van der Waals surface area contributed by atoms with Crippen LogP contribution in [0.5, 0.6) is 0 Å². The molecular weight excluding hydrogens is 220 g/mol. The summed E-state index contributed by atoms with van der Waals surface area (Å²) in [6, 6.07) is 6.97. The van der Waals surface area contributed by atoms with Crippen LogP contribution in [0.15, 0.2) is 18.2 Å². The second-order valence-corrected chi connectivity index (χ2v) is 6.17. The van der Waals surface area contributed by atoms with Gasteiger partial charge in [0.05, 0.1) is 6.04 Å². The van der Waals surface area contributed by atoms with Gasteiger partial charge in [0, 0.05) is 0 Å². The van der Waals surface area contributed by atoms with Gasteiger partial charge >= 0.3 is 0 Å². The van der Waals surface area contributed by atoms with E-state index in [1.165, 1.54) is 48.8 Å². The summed E-state index contributed by atoms with van der Waals surface area (Å²) in [5, 5.41) is 0. The van der Waals surface area contributed by atoms with Crippen molar-refractivity contribution in [1.82, 2.24) is 5.43 Å². The second-order valence-electron chi connectivity index (χ2n) is 6.17. The highest BCUT2D eigenvalue weighted by molar-refractivity contribution is 5.34. The summed E-state index contributed by atoms with van der Waals surface area (Å²) in [6.45, 7) is 6.72. The lowest BCUT2D eigenvalue weighted by atomic mass is 9.68. The molecule has 0 aliphatic heterocycles. The zero-order valence-electron chi connectivity index (χ0n) is 11.9. The number of hydrazine groups is 1. The Labute approximate surface area is 111 Å². The molecule has 0 heterocycles. The number of hydrogen-bond donors (Lipinski definition) is 2. The first-order chi connectivity index (χ1) is 8.57. The molecule has 2 heteroatoms. The predicted octanol–water partition coefficient (Wildman–Crippen LogP) is 3.78. The van der Waals surface area contributed by atoms with Crippen molar-refractivity contribution in [2.75, 3.05) is 0 Å². The Morgan fingerprint density at radius 3 is 2.39 bits per heavy atom. The van der Waals surface area contributed by atoms with Gasteiger partial charge in [-0.1, -0.05) is 49.9 Å². The standard InChI is InChI=1S/C16H26N2/c1-12-7-8-14(13(2)11-12)15(18-17)16(3)9-5-4-6-10-16/h7-8,11,15,18H,4-6,9-10,17H2,1-3H3.